The molecule has 23 heavy (non-hydrogen) atoms. The van der Waals surface area contributed by atoms with Crippen LogP contribution in [-0.4, -0.2) is 33.1 Å². The van der Waals surface area contributed by atoms with Crippen LogP contribution < -0.4 is 10.6 Å². The number of fused-ring (bicyclic) bond motifs is 2. The summed E-state index contributed by atoms with van der Waals surface area (Å²) in [6, 6.07) is 1.86. The highest BCUT2D eigenvalue weighted by Crippen LogP contribution is 2.24. The van der Waals surface area contributed by atoms with Crippen molar-refractivity contribution in [3.8, 4) is 0 Å². The summed E-state index contributed by atoms with van der Waals surface area (Å²) < 4.78 is 1.66. The third kappa shape index (κ3) is 2.48. The Bertz CT molecular complexity index is 848. The van der Waals surface area contributed by atoms with Crippen LogP contribution in [0.2, 0.25) is 0 Å². The molecular weight excluding hydrogens is 292 g/mol. The molecule has 2 aliphatic heterocycles. The number of nitrogens with one attached hydrogen (secondary N) is 2. The van der Waals surface area contributed by atoms with E-state index in [1.165, 1.54) is 0 Å². The molecule has 4 rings (SSSR count). The van der Waals surface area contributed by atoms with Crippen molar-refractivity contribution >= 4 is 28.8 Å². The lowest BCUT2D eigenvalue weighted by atomic mass is 10.0. The monoisotopic (exact) mass is 310 g/mol. The first-order chi connectivity index (χ1) is 11.2. The van der Waals surface area contributed by atoms with Crippen molar-refractivity contribution in [3.05, 3.63) is 29.7 Å². The van der Waals surface area contributed by atoms with Gasteiger partial charge in [-0.3, -0.25) is 4.79 Å². The van der Waals surface area contributed by atoms with Crippen LogP contribution >= 0.6 is 0 Å². The molecule has 0 saturated heterocycles. The lowest BCUT2D eigenvalue weighted by Gasteiger charge is -2.09. The average molecular weight is 310 g/mol. The van der Waals surface area contributed by atoms with Crippen molar-refractivity contribution in [2.24, 2.45) is 4.99 Å². The predicted octanol–water partition coefficient (Wildman–Crippen LogP) is 2.63. The summed E-state index contributed by atoms with van der Waals surface area (Å²) in [7, 11) is 1.82. The maximum atomic E-state index is 12.5. The first-order valence-electron chi connectivity index (χ1n) is 7.88. The van der Waals surface area contributed by atoms with Gasteiger partial charge in [-0.05, 0) is 25.3 Å². The van der Waals surface area contributed by atoms with Crippen molar-refractivity contribution < 1.29 is 4.79 Å². The lowest BCUT2D eigenvalue weighted by Crippen LogP contribution is -2.07. The second-order valence-electron chi connectivity index (χ2n) is 5.80. The van der Waals surface area contributed by atoms with Crippen LogP contribution in [0.5, 0.6) is 0 Å². The van der Waals surface area contributed by atoms with E-state index in [1.807, 2.05) is 13.1 Å². The summed E-state index contributed by atoms with van der Waals surface area (Å²) in [5, 5.41) is 10.6. The quantitative estimate of drug-likeness (QED) is 0.846. The second-order valence-corrected chi connectivity index (χ2v) is 5.80. The molecule has 0 unspecified atom stereocenters. The number of Topliss-reactive ketones (excluding diaryl/α,β-unsaturated/α-hetero) is 1. The van der Waals surface area contributed by atoms with Crippen molar-refractivity contribution in [3.63, 3.8) is 0 Å². The second kappa shape index (κ2) is 5.49. The summed E-state index contributed by atoms with van der Waals surface area (Å²) in [5.74, 6) is 2.35. The zero-order valence-electron chi connectivity index (χ0n) is 13.0. The van der Waals surface area contributed by atoms with Crippen molar-refractivity contribution in [1.82, 2.24) is 14.6 Å². The molecule has 2 N–H and O–H groups in total. The van der Waals surface area contributed by atoms with Gasteiger partial charge in [0.05, 0.1) is 11.8 Å². The third-order valence-electron chi connectivity index (χ3n) is 4.21. The number of ketones is 1. The van der Waals surface area contributed by atoms with Crippen LogP contribution in [0.3, 0.4) is 0 Å². The largest absolute Gasteiger partial charge is 0.373 e. The van der Waals surface area contributed by atoms with Gasteiger partial charge in [-0.1, -0.05) is 0 Å². The number of aromatic nitrogens is 3. The fourth-order valence-corrected chi connectivity index (χ4v) is 3.00. The fourth-order valence-electron chi connectivity index (χ4n) is 3.00. The van der Waals surface area contributed by atoms with Crippen LogP contribution in [0.4, 0.5) is 11.6 Å². The number of nitrogens with zero attached hydrogens (tertiary/aromatic N) is 4. The topological polar surface area (TPSA) is 83.7 Å². The van der Waals surface area contributed by atoms with Crippen molar-refractivity contribution in [2.45, 2.75) is 32.1 Å². The van der Waals surface area contributed by atoms with Gasteiger partial charge in [0, 0.05) is 31.7 Å². The normalized spacial score (nSPS) is 17.9. The Kier molecular flexibility index (Phi) is 3.33. The van der Waals surface area contributed by atoms with E-state index in [9.17, 15) is 4.79 Å². The molecule has 2 aliphatic rings. The van der Waals surface area contributed by atoms with E-state index in [4.69, 9.17) is 0 Å². The van der Waals surface area contributed by atoms with Gasteiger partial charge in [-0.2, -0.15) is 9.61 Å². The van der Waals surface area contributed by atoms with E-state index in [2.05, 4.69) is 31.8 Å². The Morgan fingerprint density at radius 3 is 3.04 bits per heavy atom. The molecule has 0 spiro atoms. The van der Waals surface area contributed by atoms with Gasteiger partial charge in [-0.15, -0.1) is 0 Å². The van der Waals surface area contributed by atoms with Crippen LogP contribution in [0.1, 0.15) is 42.5 Å². The molecule has 4 bridgehead atoms. The van der Waals surface area contributed by atoms with Gasteiger partial charge in [0.2, 0.25) is 0 Å². The molecule has 0 aromatic carbocycles. The highest BCUT2D eigenvalue weighted by Gasteiger charge is 2.18. The Morgan fingerprint density at radius 2 is 2.17 bits per heavy atom. The molecule has 2 aromatic heterocycles. The molecule has 7 nitrogen and oxygen atoms in total. The number of carbonyl (C=O) groups is 1. The van der Waals surface area contributed by atoms with E-state index < -0.39 is 0 Å². The Hall–Kier alpha value is -2.70. The van der Waals surface area contributed by atoms with Gasteiger partial charge in [0.15, 0.2) is 11.4 Å². The van der Waals surface area contributed by atoms with E-state index in [0.29, 0.717) is 23.4 Å². The zero-order valence-corrected chi connectivity index (χ0v) is 13.0. The molecule has 0 saturated carbocycles. The number of carbonyl (C=O) groups excluding carboxylic acids is 1. The minimum absolute atomic E-state index is 0.0947. The fraction of sp³-hybridized carbons (Fsp3) is 0.375. The summed E-state index contributed by atoms with van der Waals surface area (Å²) in [6.45, 7) is 0. The minimum atomic E-state index is 0.0947. The molecule has 0 aliphatic carbocycles. The number of hydrogen-bond acceptors (Lipinski definition) is 6. The maximum Gasteiger partial charge on any atom is 0.170 e. The molecule has 7 heteroatoms. The molecular formula is C16H18N6O. The maximum absolute atomic E-state index is 12.5. The number of allylic oxidation sites excluding steroid dienone is 1. The standard InChI is InChI=1S/C16H18N6O/c1-17-15-8-14-20-13-7-6-10(19-13)4-2-3-5-12(23)11-9-18-22(15)16(11)21-14/h7-9,17H,2-6H2,1H3,(H,20,21). The SMILES string of the molecule is CNc1cc2nc3c(cnn13)C(=O)CCCCC1=NC(=CC1)N2. The predicted molar refractivity (Wildman–Crippen MR) is 89.1 cm³/mol. The Labute approximate surface area is 133 Å². The van der Waals surface area contributed by atoms with Crippen LogP contribution in [-0.2, 0) is 0 Å². The highest BCUT2D eigenvalue weighted by atomic mass is 16.1. The summed E-state index contributed by atoms with van der Waals surface area (Å²) in [4.78, 5) is 21.7. The van der Waals surface area contributed by atoms with Crippen LogP contribution in [0.25, 0.3) is 5.65 Å². The van der Waals surface area contributed by atoms with E-state index in [1.54, 1.807) is 10.7 Å². The molecule has 0 atom stereocenters. The van der Waals surface area contributed by atoms with Crippen LogP contribution in [0, 0.1) is 0 Å². The van der Waals surface area contributed by atoms with Crippen LogP contribution in [0.15, 0.2) is 29.2 Å². The Balaban J connectivity index is 1.85. The number of aliphatic imine (C=N–C) groups is 1. The van der Waals surface area contributed by atoms with Gasteiger partial charge >= 0.3 is 0 Å². The Morgan fingerprint density at radius 1 is 1.30 bits per heavy atom. The number of anilines is 2. The summed E-state index contributed by atoms with van der Waals surface area (Å²) in [5.41, 5.74) is 2.32. The third-order valence-corrected chi connectivity index (χ3v) is 4.21. The lowest BCUT2D eigenvalue weighted by molar-refractivity contribution is 0.0981. The first kappa shape index (κ1) is 13.9. The molecule has 0 radical (unpaired) electrons. The number of rotatable bonds is 1. The molecule has 118 valence electrons. The van der Waals surface area contributed by atoms with Gasteiger partial charge in [0.25, 0.3) is 0 Å². The summed E-state index contributed by atoms with van der Waals surface area (Å²) in [6.07, 6.45) is 7.84. The highest BCUT2D eigenvalue weighted by molar-refractivity contribution is 6.01. The van der Waals surface area contributed by atoms with E-state index >= 15 is 0 Å². The average Bonchev–Trinajstić information content (AvgIpc) is 3.17. The van der Waals surface area contributed by atoms with Crippen molar-refractivity contribution in [2.75, 3.05) is 17.7 Å². The van der Waals surface area contributed by atoms with Gasteiger partial charge in [0.1, 0.15) is 17.5 Å². The van der Waals surface area contributed by atoms with Gasteiger partial charge < -0.3 is 10.6 Å². The zero-order chi connectivity index (χ0) is 15.8. The molecule has 2 aromatic rings. The first-order valence-corrected chi connectivity index (χ1v) is 7.88. The van der Waals surface area contributed by atoms with E-state index in [-0.39, 0.29) is 5.78 Å². The number of hydrogen-bond donors (Lipinski definition) is 2. The molecule has 0 amide bonds. The minimum Gasteiger partial charge on any atom is -0.373 e. The van der Waals surface area contributed by atoms with Gasteiger partial charge in [-0.25, -0.2) is 9.98 Å². The summed E-state index contributed by atoms with van der Waals surface area (Å²) >= 11 is 0. The van der Waals surface area contributed by atoms with Crippen molar-refractivity contribution in [1.29, 1.82) is 0 Å². The molecule has 0 fully saturated rings. The molecule has 4 heterocycles. The van der Waals surface area contributed by atoms with E-state index in [0.717, 1.165) is 43.0 Å². The smallest absolute Gasteiger partial charge is 0.170 e.